The second-order valence-corrected chi connectivity index (χ2v) is 5.68. The third kappa shape index (κ3) is 2.66. The summed E-state index contributed by atoms with van der Waals surface area (Å²) in [6.07, 6.45) is 1.12. The molecule has 2 aliphatic rings. The quantitative estimate of drug-likeness (QED) is 0.774. The first-order chi connectivity index (χ1) is 8.49. The van der Waals surface area contributed by atoms with E-state index >= 15 is 0 Å². The van der Waals surface area contributed by atoms with Crippen LogP contribution in [0.15, 0.2) is 0 Å². The average molecular weight is 253 g/mol. The van der Waals surface area contributed by atoms with Crippen LogP contribution in [-0.2, 0) is 9.59 Å². The maximum Gasteiger partial charge on any atom is 0.242 e. The number of carbonyl (C=O) groups excluding carboxylic acids is 2. The molecule has 102 valence electrons. The molecular weight excluding hydrogens is 230 g/mol. The number of carbonyl (C=O) groups is 2. The van der Waals surface area contributed by atoms with Gasteiger partial charge in [0.25, 0.3) is 0 Å². The number of piperazine rings is 1. The van der Waals surface area contributed by atoms with E-state index in [0.29, 0.717) is 12.0 Å². The summed E-state index contributed by atoms with van der Waals surface area (Å²) in [6, 6.07) is 0.243. The monoisotopic (exact) mass is 253 g/mol. The number of hydrogen-bond acceptors (Lipinski definition) is 3. The Hall–Kier alpha value is -1.10. The first-order valence-electron chi connectivity index (χ1n) is 6.80. The molecule has 5 nitrogen and oxygen atoms in total. The van der Waals surface area contributed by atoms with Gasteiger partial charge in [-0.1, -0.05) is 0 Å². The summed E-state index contributed by atoms with van der Waals surface area (Å²) in [4.78, 5) is 27.6. The smallest absolute Gasteiger partial charge is 0.242 e. The van der Waals surface area contributed by atoms with Crippen LogP contribution in [0, 0.1) is 5.92 Å². The Labute approximate surface area is 108 Å². The van der Waals surface area contributed by atoms with E-state index in [1.54, 1.807) is 4.90 Å². The van der Waals surface area contributed by atoms with E-state index in [-0.39, 0.29) is 24.4 Å². The summed E-state index contributed by atoms with van der Waals surface area (Å²) in [5.74, 6) is 0.517. The lowest BCUT2D eigenvalue weighted by Crippen LogP contribution is -2.58. The van der Waals surface area contributed by atoms with E-state index in [1.165, 1.54) is 0 Å². The van der Waals surface area contributed by atoms with Gasteiger partial charge >= 0.3 is 0 Å². The Morgan fingerprint density at radius 1 is 1.39 bits per heavy atom. The molecule has 0 radical (unpaired) electrons. The third-order valence-corrected chi connectivity index (χ3v) is 4.08. The highest BCUT2D eigenvalue weighted by molar-refractivity contribution is 5.94. The van der Waals surface area contributed by atoms with Gasteiger partial charge < -0.3 is 15.1 Å². The van der Waals surface area contributed by atoms with E-state index < -0.39 is 0 Å². The zero-order chi connectivity index (χ0) is 13.3. The van der Waals surface area contributed by atoms with E-state index in [0.717, 1.165) is 26.1 Å². The van der Waals surface area contributed by atoms with Crippen molar-refractivity contribution in [1.29, 1.82) is 0 Å². The summed E-state index contributed by atoms with van der Waals surface area (Å²) < 4.78 is 0. The Kier molecular flexibility index (Phi) is 3.90. The number of likely N-dealkylation sites (tertiary alicyclic amines) is 1. The first kappa shape index (κ1) is 13.3. The van der Waals surface area contributed by atoms with Gasteiger partial charge in [0.1, 0.15) is 6.04 Å². The van der Waals surface area contributed by atoms with E-state index in [1.807, 2.05) is 6.92 Å². The van der Waals surface area contributed by atoms with Crippen LogP contribution >= 0.6 is 0 Å². The number of nitrogens with one attached hydrogen (secondary N) is 1. The van der Waals surface area contributed by atoms with Crippen molar-refractivity contribution < 1.29 is 9.59 Å². The number of rotatable bonds is 3. The van der Waals surface area contributed by atoms with Crippen LogP contribution in [0.3, 0.4) is 0 Å². The van der Waals surface area contributed by atoms with Crippen molar-refractivity contribution in [3.8, 4) is 0 Å². The molecule has 2 saturated heterocycles. The highest BCUT2D eigenvalue weighted by Gasteiger charge is 2.34. The lowest BCUT2D eigenvalue weighted by atomic mass is 10.1. The maximum absolute atomic E-state index is 11.9. The predicted octanol–water partition coefficient (Wildman–Crippen LogP) is 0.0636. The first-order valence-corrected chi connectivity index (χ1v) is 6.80. The van der Waals surface area contributed by atoms with Crippen LogP contribution in [0.2, 0.25) is 0 Å². The summed E-state index contributed by atoms with van der Waals surface area (Å²) >= 11 is 0. The molecule has 0 aromatic rings. The van der Waals surface area contributed by atoms with Gasteiger partial charge in [-0.15, -0.1) is 0 Å². The van der Waals surface area contributed by atoms with Crippen molar-refractivity contribution in [1.82, 2.24) is 15.1 Å². The molecule has 2 atom stereocenters. The van der Waals surface area contributed by atoms with E-state index in [9.17, 15) is 9.59 Å². The Bertz CT molecular complexity index is 343. The number of nitrogens with zero attached hydrogens (tertiary/aromatic N) is 2. The average Bonchev–Trinajstić information content (AvgIpc) is 2.78. The van der Waals surface area contributed by atoms with Gasteiger partial charge in [0.15, 0.2) is 0 Å². The molecule has 1 N–H and O–H groups in total. The van der Waals surface area contributed by atoms with E-state index in [2.05, 4.69) is 24.1 Å². The minimum absolute atomic E-state index is 0.0340. The minimum Gasteiger partial charge on any atom is -0.345 e. The molecule has 18 heavy (non-hydrogen) atoms. The van der Waals surface area contributed by atoms with Crippen LogP contribution in [0.1, 0.15) is 27.2 Å². The van der Waals surface area contributed by atoms with Gasteiger partial charge in [0, 0.05) is 19.1 Å². The summed E-state index contributed by atoms with van der Waals surface area (Å²) in [6.45, 7) is 9.22. The van der Waals surface area contributed by atoms with Gasteiger partial charge in [-0.05, 0) is 39.7 Å². The zero-order valence-electron chi connectivity index (χ0n) is 11.5. The van der Waals surface area contributed by atoms with Crippen molar-refractivity contribution in [2.75, 3.05) is 26.2 Å². The molecule has 0 spiro atoms. The largest absolute Gasteiger partial charge is 0.345 e. The molecule has 0 bridgehead atoms. The van der Waals surface area contributed by atoms with Gasteiger partial charge in [-0.25, -0.2) is 0 Å². The summed E-state index contributed by atoms with van der Waals surface area (Å²) in [5.41, 5.74) is 0. The topological polar surface area (TPSA) is 52.6 Å². The highest BCUT2D eigenvalue weighted by Crippen LogP contribution is 2.21. The SMILES string of the molecule is CC(C)N1CCC(CN2C(=O)CNC(=O)C2C)C1. The molecule has 0 aromatic heterocycles. The summed E-state index contributed by atoms with van der Waals surface area (Å²) in [7, 11) is 0. The molecule has 0 aromatic carbocycles. The zero-order valence-corrected chi connectivity index (χ0v) is 11.5. The molecule has 2 fully saturated rings. The van der Waals surface area contributed by atoms with Crippen molar-refractivity contribution in [2.24, 2.45) is 5.92 Å². The van der Waals surface area contributed by atoms with E-state index in [4.69, 9.17) is 0 Å². The standard InChI is InChI=1S/C13H23N3O2/c1-9(2)15-5-4-11(7-15)8-16-10(3)13(18)14-6-12(16)17/h9-11H,4-8H2,1-3H3,(H,14,18). The van der Waals surface area contributed by atoms with Gasteiger partial charge in [0.05, 0.1) is 6.54 Å². The predicted molar refractivity (Wildman–Crippen MR) is 69.0 cm³/mol. The molecule has 2 aliphatic heterocycles. The van der Waals surface area contributed by atoms with Crippen LogP contribution in [0.5, 0.6) is 0 Å². The van der Waals surface area contributed by atoms with Gasteiger partial charge in [-0.3, -0.25) is 9.59 Å². The lowest BCUT2D eigenvalue weighted by Gasteiger charge is -2.34. The van der Waals surface area contributed by atoms with Crippen LogP contribution in [0.25, 0.3) is 0 Å². The summed E-state index contributed by atoms with van der Waals surface area (Å²) in [5, 5.41) is 2.62. The second-order valence-electron chi connectivity index (χ2n) is 5.68. The van der Waals surface area contributed by atoms with Gasteiger partial charge in [0.2, 0.25) is 11.8 Å². The molecule has 2 heterocycles. The van der Waals surface area contributed by atoms with Crippen molar-refractivity contribution >= 4 is 11.8 Å². The molecule has 2 amide bonds. The molecular formula is C13H23N3O2. The maximum atomic E-state index is 11.9. The fourth-order valence-corrected chi connectivity index (χ4v) is 2.79. The van der Waals surface area contributed by atoms with Crippen molar-refractivity contribution in [3.05, 3.63) is 0 Å². The second kappa shape index (κ2) is 5.26. The van der Waals surface area contributed by atoms with Crippen molar-refractivity contribution in [3.63, 3.8) is 0 Å². The molecule has 2 rings (SSSR count). The third-order valence-electron chi connectivity index (χ3n) is 4.08. The number of amides is 2. The Morgan fingerprint density at radius 3 is 2.72 bits per heavy atom. The fraction of sp³-hybridized carbons (Fsp3) is 0.846. The van der Waals surface area contributed by atoms with Crippen LogP contribution in [-0.4, -0.2) is 59.9 Å². The van der Waals surface area contributed by atoms with Crippen LogP contribution in [0.4, 0.5) is 0 Å². The Morgan fingerprint density at radius 2 is 2.11 bits per heavy atom. The number of hydrogen-bond donors (Lipinski definition) is 1. The minimum atomic E-state index is -0.320. The Balaban J connectivity index is 1.92. The van der Waals surface area contributed by atoms with Gasteiger partial charge in [-0.2, -0.15) is 0 Å². The van der Waals surface area contributed by atoms with Crippen molar-refractivity contribution in [2.45, 2.75) is 39.3 Å². The molecule has 5 heteroatoms. The normalized spacial score (nSPS) is 30.1. The molecule has 0 saturated carbocycles. The highest BCUT2D eigenvalue weighted by atomic mass is 16.2. The lowest BCUT2D eigenvalue weighted by molar-refractivity contribution is -0.145. The van der Waals surface area contributed by atoms with Crippen LogP contribution < -0.4 is 5.32 Å². The molecule has 0 aliphatic carbocycles. The fourth-order valence-electron chi connectivity index (χ4n) is 2.79. The molecule has 2 unspecified atom stereocenters.